The minimum Gasteiger partial charge on any atom is 0 e. The Bertz CT molecular complexity index is 62.2. The van der Waals surface area contributed by atoms with Gasteiger partial charge in [-0.3, -0.25) is 0 Å². The van der Waals surface area contributed by atoms with Gasteiger partial charge < -0.3 is 14.7 Å². The average molecular weight is 181 g/mol. The van der Waals surface area contributed by atoms with Crippen LogP contribution < -0.4 is 0 Å². The van der Waals surface area contributed by atoms with Crippen molar-refractivity contribution >= 4 is 56.2 Å². The van der Waals surface area contributed by atoms with E-state index in [1.165, 1.54) is 0 Å². The molecule has 0 aliphatic heterocycles. The minimum absolute atomic E-state index is 0. The summed E-state index contributed by atoms with van der Waals surface area (Å²) in [6.45, 7) is 0. The molecule has 0 rings (SSSR count). The molecule has 1 radical (unpaired) electrons. The smallest absolute Gasteiger partial charge is 0 e. The average Bonchev–Trinajstić information content (AvgIpc) is 0.722. The monoisotopic (exact) mass is 181 g/mol. The van der Waals surface area contributed by atoms with E-state index in [0.717, 1.165) is 0 Å². The van der Waals surface area contributed by atoms with Crippen LogP contribution in [0.5, 0.6) is 0 Å². The molecule has 0 bridgehead atoms. The van der Waals surface area contributed by atoms with E-state index in [0.29, 0.717) is 0 Å². The zero-order valence-electron chi connectivity index (χ0n) is 2.64. The van der Waals surface area contributed by atoms with Crippen molar-refractivity contribution in [3.8, 4) is 0 Å². The van der Waals surface area contributed by atoms with E-state index < -0.39 is 7.82 Å². The molecule has 0 saturated carbocycles. The van der Waals surface area contributed by atoms with Crippen LogP contribution in [0.1, 0.15) is 0 Å². The third-order valence-corrected chi connectivity index (χ3v) is 0. The summed E-state index contributed by atoms with van der Waals surface area (Å²) < 4.78 is 8.88. The van der Waals surface area contributed by atoms with Gasteiger partial charge in [-0.2, -0.15) is 0 Å². The zero-order valence-corrected chi connectivity index (χ0v) is 4.94. The van der Waals surface area contributed by atoms with Crippen LogP contribution in [0.3, 0.4) is 0 Å². The second-order valence-corrected chi connectivity index (χ2v) is 1.54. The molecule has 0 atom stereocenters. The van der Waals surface area contributed by atoms with E-state index in [9.17, 15) is 0 Å². The van der Waals surface area contributed by atoms with Gasteiger partial charge in [-0.05, 0) is 0 Å². The zero-order chi connectivity index (χ0) is 4.50. The van der Waals surface area contributed by atoms with Gasteiger partial charge in [0.25, 0.3) is 0 Å². The molecule has 4 nitrogen and oxygen atoms in total. The van der Waals surface area contributed by atoms with Crippen molar-refractivity contribution in [3.63, 3.8) is 0 Å². The Morgan fingerprint density at radius 1 is 1.12 bits per heavy atom. The second-order valence-electron chi connectivity index (χ2n) is 0.513. The van der Waals surface area contributed by atoms with Gasteiger partial charge in [-0.25, -0.2) is 4.57 Å². The predicted octanol–water partition coefficient (Wildman–Crippen LogP) is -2.23. The van der Waals surface area contributed by atoms with Crippen LogP contribution in [-0.2, 0) is 23.1 Å². The van der Waals surface area contributed by atoms with E-state index in [2.05, 4.69) is 0 Å². The van der Waals surface area contributed by atoms with Crippen molar-refractivity contribution in [2.45, 2.75) is 0 Å². The molecule has 0 unspecified atom stereocenters. The first-order valence-corrected chi connectivity index (χ1v) is 2.35. The number of phosphoric acid groups is 1. The standard InChI is InChI=1S/Li.Na.H3O4P.V.2H/c;;1-5(2,3)4;;;/h;;(H3,1,2,3,4);;;. The van der Waals surface area contributed by atoms with E-state index in [-0.39, 0.29) is 67.0 Å². The van der Waals surface area contributed by atoms with Gasteiger partial charge in [0.15, 0.2) is 0 Å². The Kier molecular flexibility index (Phi) is 26.1. The summed E-state index contributed by atoms with van der Waals surface area (Å²) in [5.74, 6) is 0. The molecule has 0 spiro atoms. The SMILES string of the molecule is O=P(O)(O)O.[LiH].[NaH].[V]. The van der Waals surface area contributed by atoms with Crippen LogP contribution in [-0.4, -0.2) is 63.1 Å². The van der Waals surface area contributed by atoms with E-state index in [1.54, 1.807) is 0 Å². The Morgan fingerprint density at radius 3 is 1.12 bits per heavy atom. The van der Waals surface area contributed by atoms with Crippen LogP contribution in [0, 0.1) is 0 Å². The fraction of sp³-hybridized carbons (Fsp3) is 0. The number of hydrogen-bond acceptors (Lipinski definition) is 1. The predicted molar refractivity (Wildman–Crippen MR) is 28.6 cm³/mol. The molecule has 41 valence electrons. The fourth-order valence-corrected chi connectivity index (χ4v) is 0. The molecule has 0 fully saturated rings. The van der Waals surface area contributed by atoms with Crippen LogP contribution >= 0.6 is 7.82 Å². The molecule has 0 aromatic heterocycles. The molecular weight excluding hydrogens is 176 g/mol. The van der Waals surface area contributed by atoms with Crippen LogP contribution in [0.2, 0.25) is 0 Å². The molecule has 0 aliphatic carbocycles. The van der Waals surface area contributed by atoms with Gasteiger partial charge >= 0.3 is 56.2 Å². The molecule has 0 aliphatic rings. The van der Waals surface area contributed by atoms with Crippen molar-refractivity contribution in [1.29, 1.82) is 0 Å². The Labute approximate surface area is 93.0 Å². The Morgan fingerprint density at radius 2 is 1.12 bits per heavy atom. The Hall–Kier alpha value is 2.29. The Balaban J connectivity index is -0.0000000267. The van der Waals surface area contributed by atoms with Gasteiger partial charge in [0.05, 0.1) is 0 Å². The number of rotatable bonds is 0. The summed E-state index contributed by atoms with van der Waals surface area (Å²) in [6, 6.07) is 0. The van der Waals surface area contributed by atoms with Crippen LogP contribution in [0.15, 0.2) is 0 Å². The maximum atomic E-state index is 8.88. The van der Waals surface area contributed by atoms with E-state index in [1.807, 2.05) is 0 Å². The molecule has 8 heavy (non-hydrogen) atoms. The molecule has 0 saturated heterocycles. The second kappa shape index (κ2) is 9.29. The summed E-state index contributed by atoms with van der Waals surface area (Å²) in [7, 11) is -4.64. The fourth-order valence-electron chi connectivity index (χ4n) is 0. The van der Waals surface area contributed by atoms with Crippen LogP contribution in [0.25, 0.3) is 0 Å². The van der Waals surface area contributed by atoms with Crippen molar-refractivity contribution in [2.75, 3.05) is 0 Å². The van der Waals surface area contributed by atoms with E-state index >= 15 is 0 Å². The van der Waals surface area contributed by atoms with Gasteiger partial charge in [0.2, 0.25) is 0 Å². The summed E-state index contributed by atoms with van der Waals surface area (Å²) in [6.07, 6.45) is 0. The van der Waals surface area contributed by atoms with Crippen molar-refractivity contribution in [1.82, 2.24) is 0 Å². The normalized spacial score (nSPS) is 7.38. The first-order chi connectivity index (χ1) is 2.00. The van der Waals surface area contributed by atoms with Crippen molar-refractivity contribution in [3.05, 3.63) is 0 Å². The third-order valence-electron chi connectivity index (χ3n) is 0. The van der Waals surface area contributed by atoms with Crippen molar-refractivity contribution < 1.29 is 37.8 Å². The molecule has 0 amide bonds. The molecule has 8 heteroatoms. The maximum Gasteiger partial charge on any atom is 0 e. The first kappa shape index (κ1) is 22.4. The summed E-state index contributed by atoms with van der Waals surface area (Å²) in [4.78, 5) is 21.6. The molecular formula is H5LiNaO4PV. The summed E-state index contributed by atoms with van der Waals surface area (Å²) >= 11 is 0. The van der Waals surface area contributed by atoms with Gasteiger partial charge in [-0.1, -0.05) is 0 Å². The quantitative estimate of drug-likeness (QED) is 0.292. The first-order valence-electron chi connectivity index (χ1n) is 0.783. The molecule has 3 N–H and O–H groups in total. The summed E-state index contributed by atoms with van der Waals surface area (Å²) in [5, 5.41) is 0. The van der Waals surface area contributed by atoms with Gasteiger partial charge in [0.1, 0.15) is 0 Å². The molecule has 0 aromatic carbocycles. The molecule has 0 heterocycles. The maximum absolute atomic E-state index is 8.88. The van der Waals surface area contributed by atoms with Gasteiger partial charge in [-0.15, -0.1) is 0 Å². The minimum atomic E-state index is -4.64. The largest absolute Gasteiger partial charge is 0 e. The van der Waals surface area contributed by atoms with Gasteiger partial charge in [0, 0.05) is 18.6 Å². The van der Waals surface area contributed by atoms with E-state index in [4.69, 9.17) is 19.2 Å². The third kappa shape index (κ3) is 83.9. The summed E-state index contributed by atoms with van der Waals surface area (Å²) in [5.41, 5.74) is 0. The van der Waals surface area contributed by atoms with Crippen LogP contribution in [0.4, 0.5) is 0 Å². The number of hydrogen-bond donors (Lipinski definition) is 3. The topological polar surface area (TPSA) is 77.8 Å². The van der Waals surface area contributed by atoms with Crippen molar-refractivity contribution in [2.24, 2.45) is 0 Å². The molecule has 0 aromatic rings.